The smallest absolute Gasteiger partial charge is 0.251 e. The topological polar surface area (TPSA) is 41.1 Å². The zero-order chi connectivity index (χ0) is 13.0. The highest BCUT2D eigenvalue weighted by molar-refractivity contribution is 9.10. The van der Waals surface area contributed by atoms with Crippen molar-refractivity contribution in [2.75, 3.05) is 13.1 Å². The number of carbonyl (C=O) groups is 1. The molecule has 1 saturated heterocycles. The lowest BCUT2D eigenvalue weighted by Crippen LogP contribution is -2.30. The number of benzene rings is 1. The summed E-state index contributed by atoms with van der Waals surface area (Å²) in [6.45, 7) is 3.81. The molecule has 1 aliphatic heterocycles. The Balaban J connectivity index is 1.85. The Bertz CT molecular complexity index is 428. The van der Waals surface area contributed by atoms with Crippen LogP contribution in [0.1, 0.15) is 35.2 Å². The minimum absolute atomic E-state index is 0.0202. The van der Waals surface area contributed by atoms with Gasteiger partial charge in [0.2, 0.25) is 0 Å². The maximum Gasteiger partial charge on any atom is 0.251 e. The van der Waals surface area contributed by atoms with Crippen LogP contribution in [0.15, 0.2) is 22.7 Å². The van der Waals surface area contributed by atoms with E-state index in [9.17, 15) is 4.79 Å². The van der Waals surface area contributed by atoms with Crippen molar-refractivity contribution >= 4 is 21.8 Å². The molecule has 2 N–H and O–H groups in total. The molecule has 1 amide bonds. The summed E-state index contributed by atoms with van der Waals surface area (Å²) in [5, 5.41) is 6.43. The van der Waals surface area contributed by atoms with Crippen LogP contribution < -0.4 is 10.6 Å². The number of amides is 1. The number of hydrogen-bond donors (Lipinski definition) is 2. The van der Waals surface area contributed by atoms with Crippen LogP contribution in [0.2, 0.25) is 0 Å². The van der Waals surface area contributed by atoms with Gasteiger partial charge in [-0.3, -0.25) is 4.79 Å². The first kappa shape index (κ1) is 13.6. The van der Waals surface area contributed by atoms with Gasteiger partial charge in [0.05, 0.1) is 0 Å². The summed E-state index contributed by atoms with van der Waals surface area (Å²) < 4.78 is 0.979. The van der Waals surface area contributed by atoms with E-state index < -0.39 is 0 Å². The van der Waals surface area contributed by atoms with E-state index in [1.165, 1.54) is 12.8 Å². The fourth-order valence-corrected chi connectivity index (χ4v) is 2.68. The molecule has 1 aliphatic rings. The van der Waals surface area contributed by atoms with E-state index in [1.54, 1.807) is 0 Å². The van der Waals surface area contributed by atoms with Crippen LogP contribution in [-0.2, 0) is 0 Å². The Morgan fingerprint density at radius 2 is 2.39 bits per heavy atom. The molecule has 4 heteroatoms. The van der Waals surface area contributed by atoms with Crippen molar-refractivity contribution in [3.05, 3.63) is 33.8 Å². The second-order valence-corrected chi connectivity index (χ2v) is 5.60. The van der Waals surface area contributed by atoms with Gasteiger partial charge in [0.15, 0.2) is 0 Å². The van der Waals surface area contributed by atoms with Gasteiger partial charge in [-0.25, -0.2) is 0 Å². The SMILES string of the molecule is Cc1c(Br)cccc1C(=O)NCCC1CCCN1. The quantitative estimate of drug-likeness (QED) is 0.897. The predicted octanol–water partition coefficient (Wildman–Crippen LogP) is 2.63. The lowest BCUT2D eigenvalue weighted by Gasteiger charge is -2.12. The average Bonchev–Trinajstić information content (AvgIpc) is 2.85. The summed E-state index contributed by atoms with van der Waals surface area (Å²) in [6.07, 6.45) is 3.49. The Morgan fingerprint density at radius 1 is 1.56 bits per heavy atom. The van der Waals surface area contributed by atoms with Crippen molar-refractivity contribution in [3.8, 4) is 0 Å². The minimum atomic E-state index is 0.0202. The van der Waals surface area contributed by atoms with Crippen LogP contribution in [0.5, 0.6) is 0 Å². The zero-order valence-corrected chi connectivity index (χ0v) is 12.2. The minimum Gasteiger partial charge on any atom is -0.352 e. The third kappa shape index (κ3) is 3.33. The molecule has 1 heterocycles. The molecular weight excluding hydrogens is 292 g/mol. The van der Waals surface area contributed by atoms with E-state index >= 15 is 0 Å². The summed E-state index contributed by atoms with van der Waals surface area (Å²) in [5.74, 6) is 0.0202. The molecule has 0 aliphatic carbocycles. The molecule has 98 valence electrons. The van der Waals surface area contributed by atoms with E-state index in [-0.39, 0.29) is 5.91 Å². The molecule has 0 spiro atoms. The van der Waals surface area contributed by atoms with Gasteiger partial charge in [-0.15, -0.1) is 0 Å². The normalized spacial score (nSPS) is 18.9. The van der Waals surface area contributed by atoms with Gasteiger partial charge in [-0.1, -0.05) is 22.0 Å². The molecule has 1 fully saturated rings. The maximum absolute atomic E-state index is 12.0. The summed E-state index contributed by atoms with van der Waals surface area (Å²) >= 11 is 3.45. The van der Waals surface area contributed by atoms with Gasteiger partial charge < -0.3 is 10.6 Å². The molecule has 1 aromatic carbocycles. The van der Waals surface area contributed by atoms with E-state index in [2.05, 4.69) is 26.6 Å². The summed E-state index contributed by atoms with van der Waals surface area (Å²) in [7, 11) is 0. The van der Waals surface area contributed by atoms with Crippen molar-refractivity contribution in [1.29, 1.82) is 0 Å². The summed E-state index contributed by atoms with van der Waals surface area (Å²) in [5.41, 5.74) is 1.75. The van der Waals surface area contributed by atoms with Crippen LogP contribution in [0.3, 0.4) is 0 Å². The number of hydrogen-bond acceptors (Lipinski definition) is 2. The van der Waals surface area contributed by atoms with E-state index in [0.29, 0.717) is 6.04 Å². The lowest BCUT2D eigenvalue weighted by atomic mass is 10.1. The molecule has 0 aromatic heterocycles. The first-order valence-corrected chi connectivity index (χ1v) is 7.24. The van der Waals surface area contributed by atoms with Crippen LogP contribution in [0.4, 0.5) is 0 Å². The van der Waals surface area contributed by atoms with Gasteiger partial charge in [0, 0.05) is 22.6 Å². The molecule has 18 heavy (non-hydrogen) atoms. The van der Waals surface area contributed by atoms with Crippen molar-refractivity contribution in [1.82, 2.24) is 10.6 Å². The Morgan fingerprint density at radius 3 is 3.11 bits per heavy atom. The van der Waals surface area contributed by atoms with E-state index in [0.717, 1.165) is 35.1 Å². The first-order valence-electron chi connectivity index (χ1n) is 6.45. The van der Waals surface area contributed by atoms with Crippen LogP contribution >= 0.6 is 15.9 Å². The molecule has 0 radical (unpaired) electrons. The van der Waals surface area contributed by atoms with Gasteiger partial charge in [-0.05, 0) is 50.4 Å². The largest absolute Gasteiger partial charge is 0.352 e. The molecule has 1 aromatic rings. The molecule has 1 unspecified atom stereocenters. The average molecular weight is 311 g/mol. The number of rotatable bonds is 4. The third-order valence-electron chi connectivity index (χ3n) is 3.45. The highest BCUT2D eigenvalue weighted by atomic mass is 79.9. The molecule has 3 nitrogen and oxygen atoms in total. The standard InChI is InChI=1S/C14H19BrN2O/c1-10-12(5-2-6-13(10)15)14(18)17-9-7-11-4-3-8-16-11/h2,5-6,11,16H,3-4,7-9H2,1H3,(H,17,18). The fraction of sp³-hybridized carbons (Fsp3) is 0.500. The molecule has 1 atom stereocenters. The summed E-state index contributed by atoms with van der Waals surface area (Å²) in [6, 6.07) is 6.29. The van der Waals surface area contributed by atoms with Gasteiger partial charge in [0.1, 0.15) is 0 Å². The van der Waals surface area contributed by atoms with Crippen molar-refractivity contribution in [2.45, 2.75) is 32.2 Å². The fourth-order valence-electron chi connectivity index (χ4n) is 2.31. The highest BCUT2D eigenvalue weighted by Crippen LogP contribution is 2.19. The number of nitrogens with one attached hydrogen (secondary N) is 2. The van der Waals surface area contributed by atoms with Crippen LogP contribution in [0, 0.1) is 6.92 Å². The van der Waals surface area contributed by atoms with Crippen molar-refractivity contribution in [3.63, 3.8) is 0 Å². The maximum atomic E-state index is 12.0. The van der Waals surface area contributed by atoms with Crippen LogP contribution in [-0.4, -0.2) is 25.0 Å². The third-order valence-corrected chi connectivity index (χ3v) is 4.31. The Hall–Kier alpha value is -0.870. The van der Waals surface area contributed by atoms with Crippen molar-refractivity contribution in [2.24, 2.45) is 0 Å². The molecule has 0 bridgehead atoms. The van der Waals surface area contributed by atoms with Gasteiger partial charge in [-0.2, -0.15) is 0 Å². The Labute approximate surface area is 116 Å². The van der Waals surface area contributed by atoms with E-state index in [1.807, 2.05) is 25.1 Å². The molecule has 0 saturated carbocycles. The van der Waals surface area contributed by atoms with E-state index in [4.69, 9.17) is 0 Å². The van der Waals surface area contributed by atoms with Gasteiger partial charge >= 0.3 is 0 Å². The second-order valence-electron chi connectivity index (χ2n) is 4.75. The summed E-state index contributed by atoms with van der Waals surface area (Å²) in [4.78, 5) is 12.0. The Kier molecular flexibility index (Phi) is 4.78. The monoisotopic (exact) mass is 310 g/mol. The second kappa shape index (κ2) is 6.34. The van der Waals surface area contributed by atoms with Crippen LogP contribution in [0.25, 0.3) is 0 Å². The molecule has 2 rings (SSSR count). The lowest BCUT2D eigenvalue weighted by molar-refractivity contribution is 0.0951. The highest BCUT2D eigenvalue weighted by Gasteiger charge is 2.14. The number of halogens is 1. The molecular formula is C14H19BrN2O. The van der Waals surface area contributed by atoms with Crippen molar-refractivity contribution < 1.29 is 4.79 Å². The number of carbonyl (C=O) groups excluding carboxylic acids is 1. The predicted molar refractivity (Wildman–Crippen MR) is 76.9 cm³/mol. The first-order chi connectivity index (χ1) is 8.68. The van der Waals surface area contributed by atoms with Gasteiger partial charge in [0.25, 0.3) is 5.91 Å². The zero-order valence-electron chi connectivity index (χ0n) is 10.6.